The molecule has 0 radical (unpaired) electrons. The summed E-state index contributed by atoms with van der Waals surface area (Å²) in [6.07, 6.45) is 68.3. The largest absolute Gasteiger partial charge is 0.472 e. The molecule has 0 bridgehead atoms. The summed E-state index contributed by atoms with van der Waals surface area (Å²) in [6, 6.07) is 0. The Bertz CT molecular complexity index is 1990. The second kappa shape index (κ2) is 76.4. The molecule has 618 valence electrons. The first-order valence-corrected chi connectivity index (χ1v) is 47.0. The third-order valence-corrected chi connectivity index (χ3v) is 21.9. The molecule has 19 heteroatoms. The fourth-order valence-electron chi connectivity index (χ4n) is 13.2. The molecule has 0 rings (SSSR count). The van der Waals surface area contributed by atoms with E-state index in [1.807, 2.05) is 0 Å². The minimum atomic E-state index is -4.96. The zero-order valence-corrected chi connectivity index (χ0v) is 70.1. The molecule has 0 aliphatic carbocycles. The number of unbranched alkanes of at least 4 members (excludes halogenated alkanes) is 54. The van der Waals surface area contributed by atoms with Crippen molar-refractivity contribution in [3.63, 3.8) is 0 Å². The monoisotopic (exact) mass is 1520 g/mol. The van der Waals surface area contributed by atoms with Crippen LogP contribution in [-0.4, -0.2) is 96.7 Å². The Balaban J connectivity index is 5.16. The van der Waals surface area contributed by atoms with E-state index >= 15 is 0 Å². The number of ether oxygens (including phenoxy) is 4. The molecule has 0 heterocycles. The normalized spacial score (nSPS) is 13.8. The molecule has 0 aromatic heterocycles. The highest BCUT2D eigenvalue weighted by atomic mass is 31.2. The van der Waals surface area contributed by atoms with Crippen LogP contribution in [0.2, 0.25) is 0 Å². The first kappa shape index (κ1) is 102. The zero-order valence-electron chi connectivity index (χ0n) is 68.3. The standard InChI is InChI=1S/C85H166O17P2/c1-7-9-11-13-15-16-17-18-19-20-21-22-23-30-35-40-45-51-57-63-70-85(90)102-81(74-96-83(88)68-62-56-50-44-39-34-29-25-24-27-32-37-42-48-53-59-65-77(3)4)76-100-104(93,94)98-72-79(86)71-97-103(91,92)99-75-80(73-95-82(87)67-61-55-47-14-12-10-8-2)101-84(89)69-64-58-52-46-41-36-31-26-28-33-38-43-49-54-60-66-78(5)6/h77-81,86H,7-76H2,1-6H3,(H,91,92)(H,93,94)/t79-,80+,81+/m0/s1. The van der Waals surface area contributed by atoms with Crippen LogP contribution in [0.3, 0.4) is 0 Å². The van der Waals surface area contributed by atoms with E-state index in [1.54, 1.807) is 0 Å². The highest BCUT2D eigenvalue weighted by molar-refractivity contribution is 7.47. The van der Waals surface area contributed by atoms with Crippen molar-refractivity contribution < 1.29 is 80.2 Å². The lowest BCUT2D eigenvalue weighted by Crippen LogP contribution is -2.30. The van der Waals surface area contributed by atoms with E-state index in [2.05, 4.69) is 41.5 Å². The van der Waals surface area contributed by atoms with Gasteiger partial charge in [0, 0.05) is 25.7 Å². The maximum Gasteiger partial charge on any atom is 0.472 e. The number of esters is 4. The number of rotatable bonds is 84. The number of hydrogen-bond acceptors (Lipinski definition) is 15. The first-order chi connectivity index (χ1) is 50.4. The number of aliphatic hydroxyl groups excluding tert-OH is 1. The van der Waals surface area contributed by atoms with Gasteiger partial charge in [0.1, 0.15) is 19.3 Å². The fraction of sp³-hybridized carbons (Fsp3) is 0.953. The summed E-state index contributed by atoms with van der Waals surface area (Å²) in [7, 11) is -9.92. The molecule has 5 atom stereocenters. The van der Waals surface area contributed by atoms with Gasteiger partial charge in [-0.15, -0.1) is 0 Å². The second-order valence-corrected chi connectivity index (χ2v) is 34.4. The van der Waals surface area contributed by atoms with Crippen LogP contribution < -0.4 is 0 Å². The molecule has 0 aliphatic rings. The van der Waals surface area contributed by atoms with Gasteiger partial charge in [0.15, 0.2) is 12.2 Å². The summed E-state index contributed by atoms with van der Waals surface area (Å²) in [5, 5.41) is 10.7. The van der Waals surface area contributed by atoms with Crippen LogP contribution in [0.15, 0.2) is 0 Å². The molecular formula is C85H166O17P2. The first-order valence-electron chi connectivity index (χ1n) is 44.0. The van der Waals surface area contributed by atoms with Crippen LogP contribution in [0, 0.1) is 11.8 Å². The average Bonchev–Trinajstić information content (AvgIpc) is 0.925. The van der Waals surface area contributed by atoms with Crippen LogP contribution in [0.4, 0.5) is 0 Å². The lowest BCUT2D eigenvalue weighted by molar-refractivity contribution is -0.161. The quantitative estimate of drug-likeness (QED) is 0.0222. The van der Waals surface area contributed by atoms with Gasteiger partial charge in [-0.05, 0) is 37.5 Å². The predicted octanol–water partition coefficient (Wildman–Crippen LogP) is 25.8. The number of carbonyl (C=O) groups excluding carboxylic acids is 4. The molecule has 17 nitrogen and oxygen atoms in total. The van der Waals surface area contributed by atoms with Crippen molar-refractivity contribution in [3.05, 3.63) is 0 Å². The number of phosphoric ester groups is 2. The summed E-state index contributed by atoms with van der Waals surface area (Å²) >= 11 is 0. The molecule has 3 N–H and O–H groups in total. The molecule has 0 amide bonds. The Labute approximate surface area is 638 Å². The Morgan fingerprint density at radius 2 is 0.442 bits per heavy atom. The SMILES string of the molecule is CCCCCCCCCCCCCCCCCCCCCCC(=O)O[C@H](COC(=O)CCCCCCCCCCCCCCCCCCC(C)C)COP(=O)(O)OC[C@@H](O)COP(=O)(O)OC[C@@H](COC(=O)CCCCCCCCC)OC(=O)CCCCCCCCCCCCCCCCCC(C)C. The van der Waals surface area contributed by atoms with Crippen molar-refractivity contribution in [2.24, 2.45) is 11.8 Å². The molecule has 0 aromatic rings. The summed E-state index contributed by atoms with van der Waals surface area (Å²) < 4.78 is 68.7. The van der Waals surface area contributed by atoms with E-state index in [1.165, 1.54) is 257 Å². The molecular weight excluding hydrogens is 1350 g/mol. The van der Waals surface area contributed by atoms with Crippen molar-refractivity contribution >= 4 is 39.5 Å². The van der Waals surface area contributed by atoms with Gasteiger partial charge in [0.25, 0.3) is 0 Å². The van der Waals surface area contributed by atoms with Gasteiger partial charge >= 0.3 is 39.5 Å². The highest BCUT2D eigenvalue weighted by Crippen LogP contribution is 2.45. The molecule has 0 aliphatic heterocycles. The molecule has 0 spiro atoms. The Morgan fingerprint density at radius 3 is 0.654 bits per heavy atom. The minimum Gasteiger partial charge on any atom is -0.462 e. The number of phosphoric acid groups is 2. The van der Waals surface area contributed by atoms with Crippen molar-refractivity contribution in [2.45, 2.75) is 471 Å². The van der Waals surface area contributed by atoms with Crippen LogP contribution in [-0.2, 0) is 65.4 Å². The summed E-state index contributed by atoms with van der Waals surface area (Å²) in [5.41, 5.74) is 0. The number of aliphatic hydroxyl groups is 1. The fourth-order valence-corrected chi connectivity index (χ4v) is 14.8. The third kappa shape index (κ3) is 78.2. The Hall–Kier alpha value is -1.94. The molecule has 0 aromatic carbocycles. The van der Waals surface area contributed by atoms with E-state index in [0.717, 1.165) is 115 Å². The molecule has 0 fully saturated rings. The van der Waals surface area contributed by atoms with Gasteiger partial charge < -0.3 is 33.8 Å². The van der Waals surface area contributed by atoms with Crippen LogP contribution >= 0.6 is 15.6 Å². The molecule has 2 unspecified atom stereocenters. The third-order valence-electron chi connectivity index (χ3n) is 20.0. The summed E-state index contributed by atoms with van der Waals surface area (Å²) in [4.78, 5) is 73.0. The van der Waals surface area contributed by atoms with E-state index < -0.39 is 97.5 Å². The maximum absolute atomic E-state index is 13.1. The van der Waals surface area contributed by atoms with Crippen LogP contribution in [0.1, 0.15) is 452 Å². The minimum absolute atomic E-state index is 0.108. The topological polar surface area (TPSA) is 237 Å². The van der Waals surface area contributed by atoms with Crippen molar-refractivity contribution in [3.8, 4) is 0 Å². The zero-order chi connectivity index (χ0) is 76.4. The van der Waals surface area contributed by atoms with Gasteiger partial charge in [0.2, 0.25) is 0 Å². The molecule has 0 saturated heterocycles. The lowest BCUT2D eigenvalue weighted by Gasteiger charge is -2.21. The van der Waals surface area contributed by atoms with E-state index in [4.69, 9.17) is 37.0 Å². The Morgan fingerprint density at radius 1 is 0.260 bits per heavy atom. The number of hydrogen-bond donors (Lipinski definition) is 3. The average molecular weight is 1520 g/mol. The summed E-state index contributed by atoms with van der Waals surface area (Å²) in [5.74, 6) is -0.492. The highest BCUT2D eigenvalue weighted by Gasteiger charge is 2.30. The van der Waals surface area contributed by atoms with E-state index in [-0.39, 0.29) is 25.7 Å². The van der Waals surface area contributed by atoms with E-state index in [0.29, 0.717) is 25.7 Å². The van der Waals surface area contributed by atoms with Crippen LogP contribution in [0.25, 0.3) is 0 Å². The van der Waals surface area contributed by atoms with Crippen LogP contribution in [0.5, 0.6) is 0 Å². The van der Waals surface area contributed by atoms with Gasteiger partial charge in [-0.1, -0.05) is 401 Å². The van der Waals surface area contributed by atoms with Crippen molar-refractivity contribution in [1.82, 2.24) is 0 Å². The van der Waals surface area contributed by atoms with Crippen molar-refractivity contribution in [1.29, 1.82) is 0 Å². The predicted molar refractivity (Wildman–Crippen MR) is 428 cm³/mol. The summed E-state index contributed by atoms with van der Waals surface area (Å²) in [6.45, 7) is 9.68. The smallest absolute Gasteiger partial charge is 0.462 e. The number of carbonyl (C=O) groups is 4. The molecule has 0 saturated carbocycles. The van der Waals surface area contributed by atoms with Gasteiger partial charge in [-0.3, -0.25) is 37.3 Å². The van der Waals surface area contributed by atoms with Gasteiger partial charge in [0.05, 0.1) is 26.4 Å². The second-order valence-electron chi connectivity index (χ2n) is 31.5. The lowest BCUT2D eigenvalue weighted by atomic mass is 10.0. The van der Waals surface area contributed by atoms with Gasteiger partial charge in [-0.2, -0.15) is 0 Å². The van der Waals surface area contributed by atoms with Crippen molar-refractivity contribution in [2.75, 3.05) is 39.6 Å². The Kier molecular flexibility index (Phi) is 75.0. The molecule has 104 heavy (non-hydrogen) atoms. The van der Waals surface area contributed by atoms with Gasteiger partial charge in [-0.25, -0.2) is 9.13 Å². The maximum atomic E-state index is 13.1. The van der Waals surface area contributed by atoms with E-state index in [9.17, 15) is 43.2 Å².